The normalized spacial score (nSPS) is 23.6. The minimum atomic E-state index is 0.241. The van der Waals surface area contributed by atoms with Crippen molar-refractivity contribution in [3.63, 3.8) is 0 Å². The highest BCUT2D eigenvalue weighted by molar-refractivity contribution is 6.01. The number of nitrogens with zero attached hydrogens (tertiary/aromatic N) is 5. The monoisotopic (exact) mass is 545 g/mol. The molecule has 0 amide bonds. The number of fused-ring (bicyclic) bond motifs is 1. The number of ether oxygens (including phenoxy) is 2. The molecule has 0 unspecified atom stereocenters. The van der Waals surface area contributed by atoms with Crippen LogP contribution >= 0.6 is 0 Å². The van der Waals surface area contributed by atoms with E-state index in [-0.39, 0.29) is 6.04 Å². The predicted molar refractivity (Wildman–Crippen MR) is 157 cm³/mol. The average molecular weight is 546 g/mol. The Morgan fingerprint density at radius 3 is 2.50 bits per heavy atom. The Kier molecular flexibility index (Phi) is 8.50. The van der Waals surface area contributed by atoms with Gasteiger partial charge in [-0.15, -0.1) is 0 Å². The molecule has 212 valence electrons. The Bertz CT molecular complexity index is 1310. The van der Waals surface area contributed by atoms with Crippen molar-refractivity contribution in [2.24, 2.45) is 10.7 Å². The van der Waals surface area contributed by atoms with Gasteiger partial charge in [0.1, 0.15) is 11.5 Å². The fourth-order valence-corrected chi connectivity index (χ4v) is 5.94. The summed E-state index contributed by atoms with van der Waals surface area (Å²) in [5.41, 5.74) is 9.48. The van der Waals surface area contributed by atoms with Crippen LogP contribution in [0.5, 0.6) is 0 Å². The van der Waals surface area contributed by atoms with Crippen molar-refractivity contribution in [2.75, 3.05) is 50.2 Å². The molecule has 3 aromatic rings. The quantitative estimate of drug-likeness (QED) is 0.313. The van der Waals surface area contributed by atoms with Gasteiger partial charge in [-0.25, -0.2) is 0 Å². The van der Waals surface area contributed by atoms with Crippen molar-refractivity contribution < 1.29 is 9.47 Å². The van der Waals surface area contributed by atoms with E-state index in [9.17, 15) is 0 Å². The molecule has 0 aromatic carbocycles. The summed E-state index contributed by atoms with van der Waals surface area (Å²) >= 11 is 0. The number of anilines is 2. The topological polar surface area (TPSA) is 139 Å². The van der Waals surface area contributed by atoms with Gasteiger partial charge in [0.15, 0.2) is 0 Å². The van der Waals surface area contributed by atoms with Gasteiger partial charge in [0.2, 0.25) is 5.95 Å². The third kappa shape index (κ3) is 6.27. The molecule has 6 rings (SSSR count). The number of H-pyrrole nitrogens is 1. The second-order valence-electron chi connectivity index (χ2n) is 10.7. The van der Waals surface area contributed by atoms with E-state index in [1.54, 1.807) is 18.6 Å². The Morgan fingerprint density at radius 1 is 1.00 bits per heavy atom. The number of nitrogens with two attached hydrogens (primary N) is 1. The maximum absolute atomic E-state index is 5.95. The SMILES string of the molecule is NC=C(C=NC1CCOCC1)Nc1nc(NC2CCC(N3CCOCC3)CC2)c2c(-c3ccncc3)c[nH]c2n1. The highest BCUT2D eigenvalue weighted by atomic mass is 16.5. The standard InChI is InChI=1S/C29H39N9O2/c30-17-23(18-32-21-7-13-39-14-8-21)35-29-36-27-26(25(19-33-27)20-5-9-31-10-6-20)28(37-29)34-22-1-3-24(4-2-22)38-11-15-40-16-12-38/h5-6,9-10,17-19,21-22,24H,1-4,7-8,11-16,30H2,(H3,33,34,35,36,37). The fraction of sp³-hybridized carbons (Fsp3) is 0.517. The van der Waals surface area contributed by atoms with E-state index < -0.39 is 0 Å². The highest BCUT2D eigenvalue weighted by Gasteiger charge is 2.28. The molecule has 5 N–H and O–H groups in total. The first-order chi connectivity index (χ1) is 19.8. The Balaban J connectivity index is 1.23. The summed E-state index contributed by atoms with van der Waals surface area (Å²) in [4.78, 5) is 24.6. The van der Waals surface area contributed by atoms with Gasteiger partial charge in [-0.05, 0) is 56.2 Å². The van der Waals surface area contributed by atoms with Gasteiger partial charge in [-0.3, -0.25) is 14.9 Å². The lowest BCUT2D eigenvalue weighted by atomic mass is 9.90. The van der Waals surface area contributed by atoms with E-state index in [1.165, 1.54) is 19.0 Å². The van der Waals surface area contributed by atoms with Crippen LogP contribution in [0.1, 0.15) is 38.5 Å². The van der Waals surface area contributed by atoms with Crippen molar-refractivity contribution in [1.82, 2.24) is 24.8 Å². The molecular weight excluding hydrogens is 506 g/mol. The number of nitrogens with one attached hydrogen (secondary N) is 3. The van der Waals surface area contributed by atoms with Gasteiger partial charge in [0.05, 0.1) is 30.3 Å². The predicted octanol–water partition coefficient (Wildman–Crippen LogP) is 3.54. The van der Waals surface area contributed by atoms with E-state index in [0.717, 1.165) is 93.2 Å². The molecule has 0 radical (unpaired) electrons. The summed E-state index contributed by atoms with van der Waals surface area (Å²) in [6, 6.07) is 5.23. The molecule has 0 atom stereocenters. The summed E-state index contributed by atoms with van der Waals surface area (Å²) < 4.78 is 11.0. The van der Waals surface area contributed by atoms with Crippen molar-refractivity contribution in [3.05, 3.63) is 42.6 Å². The largest absolute Gasteiger partial charge is 0.403 e. The molecule has 3 aromatic heterocycles. The van der Waals surface area contributed by atoms with Gasteiger partial charge in [0.25, 0.3) is 0 Å². The molecule has 5 heterocycles. The third-order valence-electron chi connectivity index (χ3n) is 8.17. The number of morpholine rings is 1. The van der Waals surface area contributed by atoms with Crippen LogP contribution in [0.25, 0.3) is 22.2 Å². The highest BCUT2D eigenvalue weighted by Crippen LogP contribution is 2.35. The Hall–Kier alpha value is -3.54. The number of aromatic nitrogens is 4. The molecule has 3 fully saturated rings. The summed E-state index contributed by atoms with van der Waals surface area (Å²) in [7, 11) is 0. The minimum Gasteiger partial charge on any atom is -0.403 e. The van der Waals surface area contributed by atoms with Crippen LogP contribution in [0.4, 0.5) is 11.8 Å². The van der Waals surface area contributed by atoms with Gasteiger partial charge in [-0.1, -0.05) is 0 Å². The lowest BCUT2D eigenvalue weighted by Gasteiger charge is -2.39. The van der Waals surface area contributed by atoms with Gasteiger partial charge < -0.3 is 30.8 Å². The van der Waals surface area contributed by atoms with E-state index >= 15 is 0 Å². The number of rotatable bonds is 8. The zero-order chi connectivity index (χ0) is 27.1. The van der Waals surface area contributed by atoms with Crippen LogP contribution in [0, 0.1) is 0 Å². The zero-order valence-corrected chi connectivity index (χ0v) is 22.9. The van der Waals surface area contributed by atoms with Gasteiger partial charge in [-0.2, -0.15) is 9.97 Å². The smallest absolute Gasteiger partial charge is 0.231 e. The molecule has 11 nitrogen and oxygen atoms in total. The average Bonchev–Trinajstić information content (AvgIpc) is 3.45. The maximum atomic E-state index is 5.95. The first-order valence-corrected chi connectivity index (χ1v) is 14.4. The van der Waals surface area contributed by atoms with E-state index in [0.29, 0.717) is 23.7 Å². The van der Waals surface area contributed by atoms with Crippen LogP contribution < -0.4 is 16.4 Å². The molecule has 11 heteroatoms. The second-order valence-corrected chi connectivity index (χ2v) is 10.7. The maximum Gasteiger partial charge on any atom is 0.231 e. The van der Waals surface area contributed by atoms with Crippen LogP contribution in [-0.2, 0) is 9.47 Å². The molecule has 0 spiro atoms. The summed E-state index contributed by atoms with van der Waals surface area (Å²) in [5.74, 6) is 1.28. The molecule has 2 saturated heterocycles. The number of allylic oxidation sites excluding steroid dienone is 1. The first-order valence-electron chi connectivity index (χ1n) is 14.4. The minimum absolute atomic E-state index is 0.241. The van der Waals surface area contributed by atoms with Crippen LogP contribution in [0.2, 0.25) is 0 Å². The number of aromatic amines is 1. The number of aliphatic imine (C=N–C) groups is 1. The Morgan fingerprint density at radius 2 is 1.75 bits per heavy atom. The molecule has 1 saturated carbocycles. The molecule has 0 bridgehead atoms. The summed E-state index contributed by atoms with van der Waals surface area (Å²) in [6.07, 6.45) is 15.3. The van der Waals surface area contributed by atoms with Crippen LogP contribution in [0.3, 0.4) is 0 Å². The van der Waals surface area contributed by atoms with E-state index in [2.05, 4.69) is 25.5 Å². The molecule has 3 aliphatic rings. The van der Waals surface area contributed by atoms with Gasteiger partial charge in [0, 0.05) is 75.0 Å². The number of hydrogen-bond donors (Lipinski definition) is 4. The van der Waals surface area contributed by atoms with E-state index in [1.807, 2.05) is 18.3 Å². The Labute approximate surface area is 234 Å². The molecule has 1 aliphatic carbocycles. The van der Waals surface area contributed by atoms with E-state index in [4.69, 9.17) is 30.2 Å². The van der Waals surface area contributed by atoms with Crippen LogP contribution in [-0.4, -0.2) is 88.7 Å². The summed E-state index contributed by atoms with van der Waals surface area (Å²) in [6.45, 7) is 5.25. The van der Waals surface area contributed by atoms with Crippen molar-refractivity contribution in [2.45, 2.75) is 56.7 Å². The zero-order valence-electron chi connectivity index (χ0n) is 22.9. The fourth-order valence-electron chi connectivity index (χ4n) is 5.94. The van der Waals surface area contributed by atoms with Crippen molar-refractivity contribution >= 4 is 29.0 Å². The molecule has 40 heavy (non-hydrogen) atoms. The van der Waals surface area contributed by atoms with Crippen molar-refractivity contribution in [1.29, 1.82) is 0 Å². The molecule has 2 aliphatic heterocycles. The lowest BCUT2D eigenvalue weighted by Crippen LogP contribution is -2.46. The second kappa shape index (κ2) is 12.8. The van der Waals surface area contributed by atoms with Crippen LogP contribution in [0.15, 0.2) is 47.6 Å². The summed E-state index contributed by atoms with van der Waals surface area (Å²) in [5, 5.41) is 8.05. The first kappa shape index (κ1) is 26.7. The van der Waals surface area contributed by atoms with Crippen molar-refractivity contribution in [3.8, 4) is 11.1 Å². The third-order valence-corrected chi connectivity index (χ3v) is 8.17. The molecular formula is C29H39N9O2. The van der Waals surface area contributed by atoms with Gasteiger partial charge >= 0.3 is 0 Å². The lowest BCUT2D eigenvalue weighted by molar-refractivity contribution is 0.00791. The number of hydrogen-bond acceptors (Lipinski definition) is 10. The number of pyridine rings is 1.